The normalized spacial score (nSPS) is 27.6. The van der Waals surface area contributed by atoms with E-state index in [1.807, 2.05) is 0 Å². The van der Waals surface area contributed by atoms with E-state index in [2.05, 4.69) is 49.9 Å². The van der Waals surface area contributed by atoms with E-state index >= 15 is 0 Å². The molecule has 2 heteroatoms. The number of rotatable bonds is 1. The van der Waals surface area contributed by atoms with Gasteiger partial charge in [0.2, 0.25) is 0 Å². The molecule has 2 aliphatic heterocycles. The first kappa shape index (κ1) is 12.0. The summed E-state index contributed by atoms with van der Waals surface area (Å²) in [5.41, 5.74) is 3.02. The molecule has 0 saturated carbocycles. The summed E-state index contributed by atoms with van der Waals surface area (Å²) in [5.74, 6) is 0. The minimum Gasteiger partial charge on any atom is -0.377 e. The van der Waals surface area contributed by atoms with Gasteiger partial charge in [0.1, 0.15) is 0 Å². The van der Waals surface area contributed by atoms with Crippen LogP contribution in [-0.2, 0) is 10.2 Å². The lowest BCUT2D eigenvalue weighted by molar-refractivity contribution is 0.0906. The number of hydrogen-bond acceptors (Lipinski definition) is 2. The highest BCUT2D eigenvalue weighted by atomic mass is 16.5. The van der Waals surface area contributed by atoms with Crippen LogP contribution < -0.4 is 4.90 Å². The Labute approximate surface area is 110 Å². The van der Waals surface area contributed by atoms with E-state index in [1.165, 1.54) is 24.1 Å². The Bertz CT molecular complexity index is 402. The number of ether oxygens (including phenoxy) is 1. The Kier molecular flexibility index (Phi) is 2.86. The molecule has 2 fully saturated rings. The maximum absolute atomic E-state index is 5.64. The smallest absolute Gasteiger partial charge is 0.0671 e. The van der Waals surface area contributed by atoms with Crippen LogP contribution in [0.2, 0.25) is 0 Å². The molecule has 2 nitrogen and oxygen atoms in total. The molecule has 0 aliphatic carbocycles. The zero-order valence-electron chi connectivity index (χ0n) is 11.6. The van der Waals surface area contributed by atoms with Crippen LogP contribution in [-0.4, -0.2) is 25.3 Å². The summed E-state index contributed by atoms with van der Waals surface area (Å²) in [5, 5.41) is 0. The molecule has 1 aromatic carbocycles. The molecule has 0 amide bonds. The van der Waals surface area contributed by atoms with Crippen molar-refractivity contribution in [2.45, 2.75) is 51.1 Å². The average Bonchev–Trinajstić information content (AvgIpc) is 2.58. The molecule has 1 aromatic rings. The summed E-state index contributed by atoms with van der Waals surface area (Å²) in [4.78, 5) is 2.58. The summed E-state index contributed by atoms with van der Waals surface area (Å²) in [6.07, 6.45) is 2.57. The fraction of sp³-hybridized carbons (Fsp3) is 0.625. The van der Waals surface area contributed by atoms with Gasteiger partial charge in [0, 0.05) is 5.69 Å². The Morgan fingerprint density at radius 1 is 1.00 bits per heavy atom. The third-order valence-electron chi connectivity index (χ3n) is 4.27. The first-order valence-electron chi connectivity index (χ1n) is 7.02. The molecule has 0 N–H and O–H groups in total. The van der Waals surface area contributed by atoms with Gasteiger partial charge in [0.05, 0.1) is 25.3 Å². The molecule has 2 unspecified atom stereocenters. The largest absolute Gasteiger partial charge is 0.377 e. The second-order valence-corrected chi connectivity index (χ2v) is 6.63. The third kappa shape index (κ3) is 2.03. The molecular formula is C16H23NO. The van der Waals surface area contributed by atoms with Crippen LogP contribution in [0.1, 0.15) is 39.2 Å². The van der Waals surface area contributed by atoms with E-state index in [-0.39, 0.29) is 5.41 Å². The number of benzene rings is 1. The molecule has 2 bridgehead atoms. The van der Waals surface area contributed by atoms with E-state index in [0.29, 0.717) is 12.1 Å². The molecule has 2 aliphatic rings. The summed E-state index contributed by atoms with van der Waals surface area (Å²) in [6.45, 7) is 8.59. The number of nitrogens with zero attached hydrogens (tertiary/aromatic N) is 1. The second kappa shape index (κ2) is 4.27. The topological polar surface area (TPSA) is 12.5 Å². The summed E-state index contributed by atoms with van der Waals surface area (Å²) >= 11 is 0. The number of anilines is 1. The van der Waals surface area contributed by atoms with Crippen molar-refractivity contribution < 1.29 is 4.74 Å². The summed E-state index contributed by atoms with van der Waals surface area (Å²) in [6, 6.07) is 10.3. The van der Waals surface area contributed by atoms with Gasteiger partial charge < -0.3 is 9.64 Å². The number of fused-ring (bicyclic) bond motifs is 2. The van der Waals surface area contributed by atoms with Gasteiger partial charge in [-0.2, -0.15) is 0 Å². The van der Waals surface area contributed by atoms with Crippen molar-refractivity contribution in [3.05, 3.63) is 29.8 Å². The Morgan fingerprint density at radius 3 is 2.06 bits per heavy atom. The van der Waals surface area contributed by atoms with Gasteiger partial charge in [-0.3, -0.25) is 0 Å². The molecular weight excluding hydrogens is 222 g/mol. The Hall–Kier alpha value is -1.02. The van der Waals surface area contributed by atoms with Gasteiger partial charge in [0.25, 0.3) is 0 Å². The quantitative estimate of drug-likeness (QED) is 0.752. The predicted molar refractivity (Wildman–Crippen MR) is 75.3 cm³/mol. The van der Waals surface area contributed by atoms with E-state index in [4.69, 9.17) is 4.74 Å². The maximum atomic E-state index is 5.64. The lowest BCUT2D eigenvalue weighted by Crippen LogP contribution is -2.45. The molecule has 3 rings (SSSR count). The third-order valence-corrected chi connectivity index (χ3v) is 4.27. The van der Waals surface area contributed by atoms with Gasteiger partial charge in [-0.05, 0) is 36.0 Å². The van der Waals surface area contributed by atoms with Gasteiger partial charge in [-0.1, -0.05) is 32.9 Å². The average molecular weight is 245 g/mol. The number of morpholine rings is 1. The van der Waals surface area contributed by atoms with Gasteiger partial charge in [-0.15, -0.1) is 0 Å². The van der Waals surface area contributed by atoms with Crippen LogP contribution in [0.5, 0.6) is 0 Å². The van der Waals surface area contributed by atoms with Crippen LogP contribution >= 0.6 is 0 Å². The molecule has 0 spiro atoms. The monoisotopic (exact) mass is 245 g/mol. The highest BCUT2D eigenvalue weighted by Crippen LogP contribution is 2.34. The van der Waals surface area contributed by atoms with Crippen LogP contribution in [0.15, 0.2) is 24.3 Å². The molecule has 0 aromatic heterocycles. The SMILES string of the molecule is CC(C)(C)c1ccc(N2C3CCC2COC3)cc1. The van der Waals surface area contributed by atoms with Crippen molar-refractivity contribution in [2.24, 2.45) is 0 Å². The molecule has 98 valence electrons. The zero-order chi connectivity index (χ0) is 12.8. The van der Waals surface area contributed by atoms with Crippen LogP contribution in [0.3, 0.4) is 0 Å². The van der Waals surface area contributed by atoms with Crippen molar-refractivity contribution in [2.75, 3.05) is 18.1 Å². The van der Waals surface area contributed by atoms with Crippen molar-refractivity contribution in [1.82, 2.24) is 0 Å². The van der Waals surface area contributed by atoms with E-state index in [0.717, 1.165) is 13.2 Å². The lowest BCUT2D eigenvalue weighted by atomic mass is 9.87. The van der Waals surface area contributed by atoms with E-state index in [9.17, 15) is 0 Å². The maximum Gasteiger partial charge on any atom is 0.0671 e. The first-order valence-corrected chi connectivity index (χ1v) is 7.02. The highest BCUT2D eigenvalue weighted by molar-refractivity contribution is 5.52. The van der Waals surface area contributed by atoms with E-state index < -0.39 is 0 Å². The second-order valence-electron chi connectivity index (χ2n) is 6.63. The van der Waals surface area contributed by atoms with Crippen molar-refractivity contribution >= 4 is 5.69 Å². The molecule has 0 radical (unpaired) electrons. The van der Waals surface area contributed by atoms with Crippen molar-refractivity contribution in [1.29, 1.82) is 0 Å². The molecule has 18 heavy (non-hydrogen) atoms. The Balaban J connectivity index is 1.85. The van der Waals surface area contributed by atoms with Gasteiger partial charge in [0.15, 0.2) is 0 Å². The molecule has 2 saturated heterocycles. The van der Waals surface area contributed by atoms with Crippen LogP contribution in [0.4, 0.5) is 5.69 Å². The van der Waals surface area contributed by atoms with Crippen molar-refractivity contribution in [3.63, 3.8) is 0 Å². The lowest BCUT2D eigenvalue weighted by Gasteiger charge is -2.37. The van der Waals surface area contributed by atoms with Gasteiger partial charge in [-0.25, -0.2) is 0 Å². The molecule has 2 heterocycles. The van der Waals surface area contributed by atoms with E-state index in [1.54, 1.807) is 0 Å². The first-order chi connectivity index (χ1) is 8.55. The number of hydrogen-bond donors (Lipinski definition) is 0. The van der Waals surface area contributed by atoms with Crippen LogP contribution in [0.25, 0.3) is 0 Å². The summed E-state index contributed by atoms with van der Waals surface area (Å²) < 4.78 is 5.64. The summed E-state index contributed by atoms with van der Waals surface area (Å²) in [7, 11) is 0. The zero-order valence-corrected chi connectivity index (χ0v) is 11.6. The Morgan fingerprint density at radius 2 is 1.56 bits per heavy atom. The standard InChI is InChI=1S/C16H23NO/c1-16(2,3)12-4-6-13(7-5-12)17-14-8-9-15(17)11-18-10-14/h4-7,14-15H,8-11H2,1-3H3. The van der Waals surface area contributed by atoms with Crippen LogP contribution in [0, 0.1) is 0 Å². The van der Waals surface area contributed by atoms with Gasteiger partial charge >= 0.3 is 0 Å². The fourth-order valence-corrected chi connectivity index (χ4v) is 3.18. The molecule has 2 atom stereocenters. The fourth-order valence-electron chi connectivity index (χ4n) is 3.18. The highest BCUT2D eigenvalue weighted by Gasteiger charge is 2.37. The minimum atomic E-state index is 0.239. The predicted octanol–water partition coefficient (Wildman–Crippen LogP) is 3.35. The van der Waals surface area contributed by atoms with Crippen molar-refractivity contribution in [3.8, 4) is 0 Å². The minimum absolute atomic E-state index is 0.239.